The predicted molar refractivity (Wildman–Crippen MR) is 155 cm³/mol. The lowest BCUT2D eigenvalue weighted by Crippen LogP contribution is -2.32. The Labute approximate surface area is 223 Å². The Morgan fingerprint density at radius 1 is 0.703 bits per heavy atom. The molecule has 0 amide bonds. The fourth-order valence-corrected chi connectivity index (χ4v) is 4.66. The lowest BCUT2D eigenvalue weighted by molar-refractivity contribution is -0.658. The number of aromatic nitrogens is 4. The molecule has 2 aromatic carbocycles. The van der Waals surface area contributed by atoms with Crippen molar-refractivity contribution in [2.75, 3.05) is 0 Å². The second-order valence-electron chi connectivity index (χ2n) is 13.6. The van der Waals surface area contributed by atoms with E-state index in [-0.39, 0.29) is 16.2 Å². The summed E-state index contributed by atoms with van der Waals surface area (Å²) in [5, 5.41) is 2.32. The summed E-state index contributed by atoms with van der Waals surface area (Å²) in [5.74, 6) is 2.38. The van der Waals surface area contributed by atoms with Crippen LogP contribution in [0.1, 0.15) is 90.7 Å². The maximum Gasteiger partial charge on any atom is 0.224 e. The molecule has 0 saturated heterocycles. The number of hydrogen-bond acceptors (Lipinski definition) is 3. The van der Waals surface area contributed by atoms with Crippen LogP contribution in [0, 0.1) is 13.8 Å². The molecule has 0 unspecified atom stereocenters. The van der Waals surface area contributed by atoms with E-state index in [0.717, 1.165) is 34.1 Å². The minimum absolute atomic E-state index is 0.0365. The number of hydrogen-bond donors (Lipinski definition) is 0. The first kappa shape index (κ1) is 26.9. The number of aryl methyl sites for hydroxylation is 2. The summed E-state index contributed by atoms with van der Waals surface area (Å²) in [5.41, 5.74) is 6.95. The summed E-state index contributed by atoms with van der Waals surface area (Å²) in [4.78, 5) is 15.3. The fourth-order valence-electron chi connectivity index (χ4n) is 4.66. The molecular formula is C33H43N4+. The second-order valence-corrected chi connectivity index (χ2v) is 13.6. The highest BCUT2D eigenvalue weighted by atomic mass is 15.1. The average molecular weight is 496 g/mol. The summed E-state index contributed by atoms with van der Waals surface area (Å²) >= 11 is 0. The molecule has 0 N–H and O–H groups in total. The van der Waals surface area contributed by atoms with Gasteiger partial charge in [-0.15, -0.1) is 0 Å². The van der Waals surface area contributed by atoms with Gasteiger partial charge in [-0.25, -0.2) is 15.0 Å². The molecule has 0 aliphatic carbocycles. The molecule has 0 fully saturated rings. The van der Waals surface area contributed by atoms with Crippen molar-refractivity contribution in [1.29, 1.82) is 0 Å². The van der Waals surface area contributed by atoms with Crippen molar-refractivity contribution >= 4 is 10.8 Å². The lowest BCUT2D eigenvalue weighted by Gasteiger charge is -2.24. The monoisotopic (exact) mass is 495 g/mol. The molecule has 0 bridgehead atoms. The largest absolute Gasteiger partial charge is 0.224 e. The van der Waals surface area contributed by atoms with Gasteiger partial charge in [-0.3, -0.25) is 0 Å². The summed E-state index contributed by atoms with van der Waals surface area (Å²) in [6, 6.07) is 13.3. The predicted octanol–water partition coefficient (Wildman–Crippen LogP) is 7.69. The molecule has 0 atom stereocenters. The van der Waals surface area contributed by atoms with Gasteiger partial charge in [-0.2, -0.15) is 4.57 Å². The Morgan fingerprint density at radius 3 is 1.81 bits per heavy atom. The van der Waals surface area contributed by atoms with Crippen LogP contribution in [0.2, 0.25) is 0 Å². The lowest BCUT2D eigenvalue weighted by atomic mass is 9.82. The van der Waals surface area contributed by atoms with Gasteiger partial charge < -0.3 is 0 Å². The van der Waals surface area contributed by atoms with Gasteiger partial charge in [-0.05, 0) is 48.1 Å². The highest BCUT2D eigenvalue weighted by molar-refractivity contribution is 6.00. The Morgan fingerprint density at radius 2 is 1.27 bits per heavy atom. The van der Waals surface area contributed by atoms with E-state index < -0.39 is 0 Å². The summed E-state index contributed by atoms with van der Waals surface area (Å²) in [7, 11) is 2.14. The van der Waals surface area contributed by atoms with Gasteiger partial charge >= 0.3 is 0 Å². The SMILES string of the molecule is Cc1cc(C(C)(C)C)cc(-c2c(-c3nc(C(C)(C)C)nc(C(C)(C)C)n3)c3ccccc3c[n+]2C)c1C. The molecule has 4 nitrogen and oxygen atoms in total. The minimum atomic E-state index is -0.205. The van der Waals surface area contributed by atoms with Gasteiger partial charge in [0.1, 0.15) is 18.7 Å². The molecule has 4 rings (SSSR count). The van der Waals surface area contributed by atoms with Gasteiger partial charge in [-0.1, -0.05) is 86.6 Å². The van der Waals surface area contributed by atoms with Crippen molar-refractivity contribution in [3.05, 3.63) is 70.9 Å². The number of fused-ring (bicyclic) bond motifs is 1. The van der Waals surface area contributed by atoms with E-state index in [1.165, 1.54) is 27.6 Å². The van der Waals surface area contributed by atoms with Crippen LogP contribution in [0.5, 0.6) is 0 Å². The van der Waals surface area contributed by atoms with Gasteiger partial charge in [0.05, 0.1) is 11.1 Å². The topological polar surface area (TPSA) is 42.6 Å². The van der Waals surface area contributed by atoms with E-state index >= 15 is 0 Å². The van der Waals surface area contributed by atoms with Crippen molar-refractivity contribution < 1.29 is 4.57 Å². The summed E-state index contributed by atoms with van der Waals surface area (Å²) < 4.78 is 2.25. The quantitative estimate of drug-likeness (QED) is 0.268. The molecule has 0 aliphatic rings. The van der Waals surface area contributed by atoms with Crippen LogP contribution < -0.4 is 4.57 Å². The number of rotatable bonds is 2. The Balaban J connectivity index is 2.21. The minimum Gasteiger partial charge on any atom is -0.217 e. The number of benzene rings is 2. The molecule has 2 aromatic heterocycles. The van der Waals surface area contributed by atoms with Gasteiger partial charge in [0.25, 0.3) is 0 Å². The first-order valence-electron chi connectivity index (χ1n) is 13.3. The van der Waals surface area contributed by atoms with Crippen LogP contribution in [-0.4, -0.2) is 15.0 Å². The van der Waals surface area contributed by atoms with Crippen LogP contribution >= 0.6 is 0 Å². The van der Waals surface area contributed by atoms with Crippen LogP contribution in [0.3, 0.4) is 0 Å². The van der Waals surface area contributed by atoms with Crippen molar-refractivity contribution in [3.8, 4) is 22.6 Å². The Bertz CT molecular complexity index is 1460. The zero-order valence-corrected chi connectivity index (χ0v) is 24.8. The molecule has 4 heteroatoms. The highest BCUT2D eigenvalue weighted by Gasteiger charge is 2.31. The maximum absolute atomic E-state index is 5.15. The average Bonchev–Trinajstić information content (AvgIpc) is 2.78. The van der Waals surface area contributed by atoms with E-state index in [9.17, 15) is 0 Å². The summed E-state index contributed by atoms with van der Waals surface area (Å²) in [6.45, 7) is 24.3. The molecule has 4 aromatic rings. The third-order valence-electron chi connectivity index (χ3n) is 7.14. The van der Waals surface area contributed by atoms with Crippen LogP contribution in [0.15, 0.2) is 42.6 Å². The van der Waals surface area contributed by atoms with Crippen molar-refractivity contribution in [2.24, 2.45) is 7.05 Å². The van der Waals surface area contributed by atoms with Crippen molar-refractivity contribution in [1.82, 2.24) is 15.0 Å². The molecular weight excluding hydrogens is 452 g/mol. The van der Waals surface area contributed by atoms with E-state index in [4.69, 9.17) is 15.0 Å². The van der Waals surface area contributed by atoms with Crippen LogP contribution in [-0.2, 0) is 23.3 Å². The number of nitrogens with zero attached hydrogens (tertiary/aromatic N) is 4. The molecule has 37 heavy (non-hydrogen) atoms. The van der Waals surface area contributed by atoms with Crippen molar-refractivity contribution in [3.63, 3.8) is 0 Å². The Hall–Kier alpha value is -3.14. The molecule has 0 radical (unpaired) electrons. The van der Waals surface area contributed by atoms with Crippen LogP contribution in [0.25, 0.3) is 33.4 Å². The highest BCUT2D eigenvalue weighted by Crippen LogP contribution is 2.39. The first-order chi connectivity index (χ1) is 17.0. The second kappa shape index (κ2) is 9.01. The first-order valence-corrected chi connectivity index (χ1v) is 13.3. The normalized spacial score (nSPS) is 12.9. The Kier molecular flexibility index (Phi) is 6.55. The third kappa shape index (κ3) is 5.16. The smallest absolute Gasteiger partial charge is 0.217 e. The zero-order chi connectivity index (χ0) is 27.5. The third-order valence-corrected chi connectivity index (χ3v) is 7.14. The zero-order valence-electron chi connectivity index (χ0n) is 24.8. The van der Waals surface area contributed by atoms with Gasteiger partial charge in [0, 0.05) is 21.6 Å². The maximum atomic E-state index is 5.15. The van der Waals surface area contributed by atoms with E-state index in [0.29, 0.717) is 0 Å². The fraction of sp³-hybridized carbons (Fsp3) is 0.455. The van der Waals surface area contributed by atoms with Gasteiger partial charge in [0.2, 0.25) is 5.69 Å². The molecule has 0 saturated carbocycles. The van der Waals surface area contributed by atoms with Crippen molar-refractivity contribution in [2.45, 2.75) is 92.4 Å². The van der Waals surface area contributed by atoms with E-state index in [2.05, 4.69) is 130 Å². The van der Waals surface area contributed by atoms with Crippen LogP contribution in [0.4, 0.5) is 0 Å². The van der Waals surface area contributed by atoms with E-state index in [1.807, 2.05) is 0 Å². The molecule has 194 valence electrons. The molecule has 0 spiro atoms. The molecule has 0 aliphatic heterocycles. The molecule has 2 heterocycles. The standard InChI is InChI=1S/C33H43N4/c1-20-17-23(31(3,4)5)18-25(21(20)2)27-26(24-16-14-13-15-22(24)19-37(27)12)28-34-29(32(6,7)8)36-30(35-28)33(9,10)11/h13-19H,1-12H3/q+1. The van der Waals surface area contributed by atoms with E-state index in [1.54, 1.807) is 0 Å². The number of pyridine rings is 1. The van der Waals surface area contributed by atoms with Gasteiger partial charge in [0.15, 0.2) is 12.0 Å². The summed E-state index contributed by atoms with van der Waals surface area (Å²) in [6.07, 6.45) is 2.23.